The van der Waals surface area contributed by atoms with Crippen LogP contribution in [0.4, 0.5) is 0 Å². The van der Waals surface area contributed by atoms with E-state index in [0.717, 1.165) is 28.9 Å². The van der Waals surface area contributed by atoms with Gasteiger partial charge in [0.25, 0.3) is 0 Å². The zero-order valence-electron chi connectivity index (χ0n) is 8.92. The summed E-state index contributed by atoms with van der Waals surface area (Å²) in [6.45, 7) is 3.03. The summed E-state index contributed by atoms with van der Waals surface area (Å²) >= 11 is 3.61. The van der Waals surface area contributed by atoms with Gasteiger partial charge in [0.2, 0.25) is 0 Å². The average Bonchev–Trinajstić information content (AvgIpc) is 2.54. The molecule has 0 aliphatic carbocycles. The summed E-state index contributed by atoms with van der Waals surface area (Å²) in [5.74, 6) is 0. The number of pyridine rings is 1. The predicted octanol–water partition coefficient (Wildman–Crippen LogP) is 2.17. The van der Waals surface area contributed by atoms with Gasteiger partial charge in [-0.2, -0.15) is 0 Å². The number of rotatable bonds is 3. The Hall–Kier alpha value is -0.870. The molecule has 0 aliphatic rings. The quantitative estimate of drug-likeness (QED) is 0.924. The summed E-state index contributed by atoms with van der Waals surface area (Å²) in [5, 5.41) is 3.13. The number of hydrogen-bond donors (Lipinski definition) is 1. The number of nitrogens with one attached hydrogen (secondary N) is 1. The summed E-state index contributed by atoms with van der Waals surface area (Å²) in [6, 6.07) is 6.15. The fraction of sp³-hybridized carbons (Fsp3) is 0.364. The molecule has 2 heterocycles. The number of nitrogens with zero attached hydrogens (tertiary/aromatic N) is 2. The first kappa shape index (κ1) is 10.6. The number of fused-ring (bicyclic) bond motifs is 1. The molecule has 0 aliphatic heterocycles. The van der Waals surface area contributed by atoms with Crippen LogP contribution in [-0.4, -0.2) is 23.0 Å². The van der Waals surface area contributed by atoms with Crippen LogP contribution < -0.4 is 5.32 Å². The van der Waals surface area contributed by atoms with Gasteiger partial charge >= 0.3 is 0 Å². The van der Waals surface area contributed by atoms with Gasteiger partial charge in [0.15, 0.2) is 0 Å². The highest BCUT2D eigenvalue weighted by Gasteiger charge is 2.09. The second-order valence-corrected chi connectivity index (χ2v) is 4.31. The Morgan fingerprint density at radius 1 is 1.47 bits per heavy atom. The first-order chi connectivity index (χ1) is 7.24. The predicted molar refractivity (Wildman–Crippen MR) is 65.3 cm³/mol. The van der Waals surface area contributed by atoms with E-state index in [-0.39, 0.29) is 0 Å². The van der Waals surface area contributed by atoms with Gasteiger partial charge in [-0.3, -0.25) is 4.40 Å². The Morgan fingerprint density at radius 2 is 2.27 bits per heavy atom. The Morgan fingerprint density at radius 3 is 2.93 bits per heavy atom. The zero-order valence-corrected chi connectivity index (χ0v) is 10.5. The average molecular weight is 268 g/mol. The molecule has 1 N–H and O–H groups in total. The molecule has 0 spiro atoms. The fourth-order valence-electron chi connectivity index (χ4n) is 1.66. The van der Waals surface area contributed by atoms with Crippen LogP contribution in [0.1, 0.15) is 11.4 Å². The van der Waals surface area contributed by atoms with Crippen LogP contribution in [0.25, 0.3) is 5.65 Å². The van der Waals surface area contributed by atoms with Crippen molar-refractivity contribution < 1.29 is 0 Å². The minimum Gasteiger partial charge on any atom is -0.319 e. The lowest BCUT2D eigenvalue weighted by Crippen LogP contribution is -2.10. The van der Waals surface area contributed by atoms with Crippen LogP contribution in [0.15, 0.2) is 22.8 Å². The van der Waals surface area contributed by atoms with E-state index in [2.05, 4.69) is 43.6 Å². The second-order valence-electron chi connectivity index (χ2n) is 3.56. The number of aromatic nitrogens is 2. The highest BCUT2D eigenvalue weighted by molar-refractivity contribution is 9.10. The molecule has 2 aromatic heterocycles. The third kappa shape index (κ3) is 1.92. The highest BCUT2D eigenvalue weighted by Crippen LogP contribution is 2.20. The van der Waals surface area contributed by atoms with Crippen molar-refractivity contribution in [3.8, 4) is 0 Å². The van der Waals surface area contributed by atoms with E-state index < -0.39 is 0 Å². The SMILES string of the molecule is CNCCc1nc2cccc(C)n2c1Br. The van der Waals surface area contributed by atoms with E-state index in [1.165, 1.54) is 5.69 Å². The molecule has 0 radical (unpaired) electrons. The van der Waals surface area contributed by atoms with Crippen molar-refractivity contribution in [3.63, 3.8) is 0 Å². The number of hydrogen-bond acceptors (Lipinski definition) is 2. The maximum absolute atomic E-state index is 4.59. The van der Waals surface area contributed by atoms with Crippen LogP contribution in [0.2, 0.25) is 0 Å². The molecule has 0 saturated heterocycles. The van der Waals surface area contributed by atoms with Crippen LogP contribution in [0.5, 0.6) is 0 Å². The molecule has 0 bridgehead atoms. The van der Waals surface area contributed by atoms with Gasteiger partial charge in [0.1, 0.15) is 10.3 Å². The monoisotopic (exact) mass is 267 g/mol. The molecule has 2 aromatic rings. The maximum Gasteiger partial charge on any atom is 0.138 e. The molecule has 0 aromatic carbocycles. The lowest BCUT2D eigenvalue weighted by atomic mass is 10.3. The summed E-state index contributed by atoms with van der Waals surface area (Å²) < 4.78 is 3.20. The Balaban J connectivity index is 2.50. The van der Waals surface area contributed by atoms with E-state index in [1.807, 2.05) is 19.2 Å². The summed E-state index contributed by atoms with van der Waals surface area (Å²) in [4.78, 5) is 4.59. The first-order valence-electron chi connectivity index (χ1n) is 5.01. The lowest BCUT2D eigenvalue weighted by Gasteiger charge is -2.00. The third-order valence-corrected chi connectivity index (χ3v) is 3.27. The Kier molecular flexibility index (Phi) is 3.07. The molecule has 4 heteroatoms. The largest absolute Gasteiger partial charge is 0.319 e. The molecule has 3 nitrogen and oxygen atoms in total. The summed E-state index contributed by atoms with van der Waals surface area (Å²) in [5.41, 5.74) is 3.31. The van der Waals surface area contributed by atoms with E-state index in [1.54, 1.807) is 0 Å². The van der Waals surface area contributed by atoms with Gasteiger partial charge in [0.05, 0.1) is 5.69 Å². The molecule has 2 rings (SSSR count). The first-order valence-corrected chi connectivity index (χ1v) is 5.80. The van der Waals surface area contributed by atoms with Crippen molar-refractivity contribution in [1.29, 1.82) is 0 Å². The van der Waals surface area contributed by atoms with Gasteiger partial charge in [-0.25, -0.2) is 4.98 Å². The van der Waals surface area contributed by atoms with Crippen LogP contribution >= 0.6 is 15.9 Å². The van der Waals surface area contributed by atoms with Crippen LogP contribution in [-0.2, 0) is 6.42 Å². The molecule has 0 amide bonds. The minimum absolute atomic E-state index is 0.943. The number of halogens is 1. The van der Waals surface area contributed by atoms with Gasteiger partial charge in [0, 0.05) is 18.7 Å². The Labute approximate surface area is 97.6 Å². The molecule has 0 unspecified atom stereocenters. The third-order valence-electron chi connectivity index (χ3n) is 2.46. The van der Waals surface area contributed by atoms with Gasteiger partial charge < -0.3 is 5.32 Å². The molecule has 15 heavy (non-hydrogen) atoms. The van der Waals surface area contributed by atoms with Crippen molar-refractivity contribution in [2.45, 2.75) is 13.3 Å². The summed E-state index contributed by atoms with van der Waals surface area (Å²) in [6.07, 6.45) is 0.943. The molecule has 0 fully saturated rings. The Bertz CT molecular complexity index is 476. The smallest absolute Gasteiger partial charge is 0.138 e. The number of aryl methyl sites for hydroxylation is 1. The van der Waals surface area contributed by atoms with E-state index >= 15 is 0 Å². The maximum atomic E-state index is 4.59. The second kappa shape index (κ2) is 4.33. The molecule has 80 valence electrons. The molecular formula is C11H14BrN3. The topological polar surface area (TPSA) is 29.3 Å². The molecule has 0 saturated carbocycles. The molecular weight excluding hydrogens is 254 g/mol. The number of likely N-dealkylation sites (N-methyl/N-ethyl adjacent to an activating group) is 1. The van der Waals surface area contributed by atoms with Crippen molar-refractivity contribution in [3.05, 3.63) is 34.2 Å². The minimum atomic E-state index is 0.943. The van der Waals surface area contributed by atoms with Crippen molar-refractivity contribution in [1.82, 2.24) is 14.7 Å². The zero-order chi connectivity index (χ0) is 10.8. The van der Waals surface area contributed by atoms with Crippen molar-refractivity contribution in [2.75, 3.05) is 13.6 Å². The van der Waals surface area contributed by atoms with E-state index in [9.17, 15) is 0 Å². The van der Waals surface area contributed by atoms with Crippen molar-refractivity contribution in [2.24, 2.45) is 0 Å². The molecule has 0 atom stereocenters. The normalized spacial score (nSPS) is 11.1. The van der Waals surface area contributed by atoms with Crippen LogP contribution in [0.3, 0.4) is 0 Å². The van der Waals surface area contributed by atoms with E-state index in [0.29, 0.717) is 0 Å². The summed E-state index contributed by atoms with van der Waals surface area (Å²) in [7, 11) is 1.95. The van der Waals surface area contributed by atoms with Crippen molar-refractivity contribution >= 4 is 21.6 Å². The van der Waals surface area contributed by atoms with Crippen LogP contribution in [0, 0.1) is 6.92 Å². The van der Waals surface area contributed by atoms with Gasteiger partial charge in [-0.15, -0.1) is 0 Å². The standard InChI is InChI=1S/C11H14BrN3/c1-8-4-3-5-10-14-9(6-7-13-2)11(12)15(8)10/h3-5,13H,6-7H2,1-2H3. The van der Waals surface area contributed by atoms with Gasteiger partial charge in [-0.1, -0.05) is 6.07 Å². The number of imidazole rings is 1. The van der Waals surface area contributed by atoms with E-state index in [4.69, 9.17) is 0 Å². The highest BCUT2D eigenvalue weighted by atomic mass is 79.9. The fourth-order valence-corrected chi connectivity index (χ4v) is 2.41. The van der Waals surface area contributed by atoms with Gasteiger partial charge in [-0.05, 0) is 42.0 Å². The lowest BCUT2D eigenvalue weighted by molar-refractivity contribution is 0.777.